The largest absolute Gasteiger partial charge is 0.451 e. The Hall–Kier alpha value is -1.85. The molecule has 1 aliphatic heterocycles. The van der Waals surface area contributed by atoms with Gasteiger partial charge in [0.25, 0.3) is 5.91 Å². The molecular formula is C16H18ClFN2O2. The van der Waals surface area contributed by atoms with E-state index in [0.29, 0.717) is 24.6 Å². The maximum Gasteiger partial charge on any atom is 0.289 e. The second kappa shape index (κ2) is 6.94. The van der Waals surface area contributed by atoms with E-state index < -0.39 is 0 Å². The van der Waals surface area contributed by atoms with Crippen LogP contribution in [0.5, 0.6) is 0 Å². The third-order valence-corrected chi connectivity index (χ3v) is 3.77. The molecule has 0 unspecified atom stereocenters. The molecule has 0 aliphatic carbocycles. The first kappa shape index (κ1) is 16.5. The molecule has 1 saturated heterocycles. The van der Waals surface area contributed by atoms with Gasteiger partial charge in [-0.15, -0.1) is 12.4 Å². The number of amides is 1. The van der Waals surface area contributed by atoms with Crippen LogP contribution in [-0.2, 0) is 0 Å². The summed E-state index contributed by atoms with van der Waals surface area (Å²) in [5, 5.41) is 0. The van der Waals surface area contributed by atoms with Crippen molar-refractivity contribution in [1.29, 1.82) is 0 Å². The first-order chi connectivity index (χ1) is 10.1. The van der Waals surface area contributed by atoms with Gasteiger partial charge >= 0.3 is 0 Å². The summed E-state index contributed by atoms with van der Waals surface area (Å²) in [6, 6.07) is 9.56. The zero-order valence-corrected chi connectivity index (χ0v) is 12.8. The fraction of sp³-hybridized carbons (Fsp3) is 0.312. The Kier molecular flexibility index (Phi) is 5.21. The minimum absolute atomic E-state index is 0. The van der Waals surface area contributed by atoms with E-state index in [1.165, 1.54) is 12.1 Å². The van der Waals surface area contributed by atoms with Crippen LogP contribution in [0.25, 0.3) is 11.3 Å². The van der Waals surface area contributed by atoms with Crippen molar-refractivity contribution in [1.82, 2.24) is 4.90 Å². The molecule has 3 rings (SSSR count). The van der Waals surface area contributed by atoms with E-state index in [1.807, 2.05) is 0 Å². The Bertz CT molecular complexity index is 634. The van der Waals surface area contributed by atoms with Crippen LogP contribution >= 0.6 is 12.4 Å². The van der Waals surface area contributed by atoms with Crippen LogP contribution in [0.2, 0.25) is 0 Å². The Morgan fingerprint density at radius 1 is 1.14 bits per heavy atom. The number of furan rings is 1. The molecule has 6 heteroatoms. The molecule has 1 amide bonds. The predicted octanol–water partition coefficient (Wildman–Crippen LogP) is 3.07. The zero-order chi connectivity index (χ0) is 14.8. The van der Waals surface area contributed by atoms with E-state index >= 15 is 0 Å². The van der Waals surface area contributed by atoms with Gasteiger partial charge in [0.2, 0.25) is 0 Å². The molecule has 0 atom stereocenters. The van der Waals surface area contributed by atoms with E-state index in [0.717, 1.165) is 18.4 Å². The fourth-order valence-corrected chi connectivity index (χ4v) is 2.48. The van der Waals surface area contributed by atoms with Crippen molar-refractivity contribution in [2.75, 3.05) is 13.1 Å². The van der Waals surface area contributed by atoms with Gasteiger partial charge in [0.05, 0.1) is 0 Å². The van der Waals surface area contributed by atoms with Crippen molar-refractivity contribution in [3.8, 4) is 11.3 Å². The monoisotopic (exact) mass is 324 g/mol. The highest BCUT2D eigenvalue weighted by atomic mass is 35.5. The van der Waals surface area contributed by atoms with E-state index in [-0.39, 0.29) is 30.2 Å². The molecule has 0 bridgehead atoms. The minimum atomic E-state index is -0.300. The highest BCUT2D eigenvalue weighted by Crippen LogP contribution is 2.23. The van der Waals surface area contributed by atoms with E-state index in [2.05, 4.69) is 0 Å². The average Bonchev–Trinajstić information content (AvgIpc) is 2.98. The van der Waals surface area contributed by atoms with Crippen molar-refractivity contribution >= 4 is 18.3 Å². The highest BCUT2D eigenvalue weighted by Gasteiger charge is 2.23. The summed E-state index contributed by atoms with van der Waals surface area (Å²) >= 11 is 0. The number of hydrogen-bond donors (Lipinski definition) is 1. The summed E-state index contributed by atoms with van der Waals surface area (Å²) in [5.41, 5.74) is 6.58. The molecule has 1 aliphatic rings. The molecule has 0 radical (unpaired) electrons. The van der Waals surface area contributed by atoms with Crippen LogP contribution < -0.4 is 5.73 Å². The summed E-state index contributed by atoms with van der Waals surface area (Å²) in [5.74, 6) is 0.457. The quantitative estimate of drug-likeness (QED) is 0.923. The molecule has 0 spiro atoms. The molecule has 0 saturated carbocycles. The van der Waals surface area contributed by atoms with Crippen molar-refractivity contribution in [3.05, 3.63) is 48.0 Å². The number of halogens is 2. The molecule has 1 aromatic carbocycles. The van der Waals surface area contributed by atoms with Crippen molar-refractivity contribution in [2.45, 2.75) is 18.9 Å². The summed E-state index contributed by atoms with van der Waals surface area (Å²) in [6.07, 6.45) is 1.63. The minimum Gasteiger partial charge on any atom is -0.451 e. The van der Waals surface area contributed by atoms with Crippen LogP contribution in [0.4, 0.5) is 4.39 Å². The number of carbonyl (C=O) groups is 1. The van der Waals surface area contributed by atoms with E-state index in [9.17, 15) is 9.18 Å². The maximum atomic E-state index is 12.9. The SMILES string of the molecule is Cl.NC1CCN(C(=O)c2ccc(-c3ccc(F)cc3)o2)CC1. The number of nitrogens with zero attached hydrogens (tertiary/aromatic N) is 1. The Labute approximate surface area is 134 Å². The molecule has 22 heavy (non-hydrogen) atoms. The van der Waals surface area contributed by atoms with Gasteiger partial charge in [-0.05, 0) is 49.2 Å². The van der Waals surface area contributed by atoms with Gasteiger partial charge in [-0.25, -0.2) is 4.39 Å². The van der Waals surface area contributed by atoms with Gasteiger partial charge in [-0.1, -0.05) is 0 Å². The summed E-state index contributed by atoms with van der Waals surface area (Å²) in [4.78, 5) is 14.1. The van der Waals surface area contributed by atoms with Crippen LogP contribution in [0.3, 0.4) is 0 Å². The predicted molar refractivity (Wildman–Crippen MR) is 84.5 cm³/mol. The van der Waals surface area contributed by atoms with Crippen molar-refractivity contribution < 1.29 is 13.6 Å². The molecule has 2 aromatic rings. The van der Waals surface area contributed by atoms with Gasteiger partial charge in [-0.2, -0.15) is 0 Å². The number of hydrogen-bond acceptors (Lipinski definition) is 3. The maximum absolute atomic E-state index is 12.9. The smallest absolute Gasteiger partial charge is 0.289 e. The Morgan fingerprint density at radius 2 is 1.77 bits per heavy atom. The molecule has 2 N–H and O–H groups in total. The third-order valence-electron chi connectivity index (χ3n) is 3.77. The second-order valence-corrected chi connectivity index (χ2v) is 5.30. The Morgan fingerprint density at radius 3 is 2.41 bits per heavy atom. The normalized spacial score (nSPS) is 15.5. The first-order valence-electron chi connectivity index (χ1n) is 7.04. The van der Waals surface area contributed by atoms with Crippen molar-refractivity contribution in [2.24, 2.45) is 5.73 Å². The van der Waals surface area contributed by atoms with Gasteiger partial charge in [0.15, 0.2) is 5.76 Å². The summed E-state index contributed by atoms with van der Waals surface area (Å²) in [6.45, 7) is 1.32. The lowest BCUT2D eigenvalue weighted by Crippen LogP contribution is -2.42. The second-order valence-electron chi connectivity index (χ2n) is 5.30. The summed E-state index contributed by atoms with van der Waals surface area (Å²) in [7, 11) is 0. The van der Waals surface area contributed by atoms with Gasteiger partial charge < -0.3 is 15.1 Å². The van der Waals surface area contributed by atoms with Crippen molar-refractivity contribution in [3.63, 3.8) is 0 Å². The van der Waals surface area contributed by atoms with Gasteiger partial charge in [-0.3, -0.25) is 4.79 Å². The molecule has 4 nitrogen and oxygen atoms in total. The zero-order valence-electron chi connectivity index (χ0n) is 12.0. The van der Waals surface area contributed by atoms with E-state index in [1.54, 1.807) is 29.2 Å². The molecule has 118 valence electrons. The summed E-state index contributed by atoms with van der Waals surface area (Å²) < 4.78 is 18.5. The van der Waals surface area contributed by atoms with Crippen LogP contribution in [0.1, 0.15) is 23.4 Å². The first-order valence-corrected chi connectivity index (χ1v) is 7.04. The third kappa shape index (κ3) is 3.48. The van der Waals surface area contributed by atoms with Gasteiger partial charge in [0.1, 0.15) is 11.6 Å². The lowest BCUT2D eigenvalue weighted by atomic mass is 10.1. The number of benzene rings is 1. The van der Waals surface area contributed by atoms with Crippen LogP contribution in [0.15, 0.2) is 40.8 Å². The lowest BCUT2D eigenvalue weighted by Gasteiger charge is -2.29. The fourth-order valence-electron chi connectivity index (χ4n) is 2.48. The lowest BCUT2D eigenvalue weighted by molar-refractivity contribution is 0.0683. The standard InChI is InChI=1S/C16H17FN2O2.ClH/c17-12-3-1-11(2-4-12)14-5-6-15(21-14)16(20)19-9-7-13(18)8-10-19;/h1-6,13H,7-10,18H2;1H. The van der Waals surface area contributed by atoms with Crippen LogP contribution in [0, 0.1) is 5.82 Å². The van der Waals surface area contributed by atoms with Gasteiger partial charge in [0, 0.05) is 24.7 Å². The topological polar surface area (TPSA) is 59.5 Å². The highest BCUT2D eigenvalue weighted by molar-refractivity contribution is 5.92. The molecular weight excluding hydrogens is 307 g/mol. The Balaban J connectivity index is 0.00000176. The van der Waals surface area contributed by atoms with E-state index in [4.69, 9.17) is 10.2 Å². The molecule has 1 fully saturated rings. The molecule has 1 aromatic heterocycles. The number of nitrogens with two attached hydrogens (primary N) is 1. The number of carbonyl (C=O) groups excluding carboxylic acids is 1. The number of likely N-dealkylation sites (tertiary alicyclic amines) is 1. The average molecular weight is 325 g/mol. The molecule has 2 heterocycles. The van der Waals surface area contributed by atoms with Crippen LogP contribution in [-0.4, -0.2) is 29.9 Å². The number of piperidine rings is 1. The number of rotatable bonds is 2.